The van der Waals surface area contributed by atoms with Gasteiger partial charge < -0.3 is 9.57 Å². The van der Waals surface area contributed by atoms with E-state index in [0.717, 1.165) is 5.75 Å². The summed E-state index contributed by atoms with van der Waals surface area (Å²) in [6.07, 6.45) is 1.60. The summed E-state index contributed by atoms with van der Waals surface area (Å²) in [6, 6.07) is 10.4. The van der Waals surface area contributed by atoms with E-state index in [1.165, 1.54) is 0 Å². The Hall–Kier alpha value is -1.71. The van der Waals surface area contributed by atoms with Gasteiger partial charge >= 0.3 is 0 Å². The van der Waals surface area contributed by atoms with Crippen LogP contribution in [-0.4, -0.2) is 24.7 Å². The third-order valence-electron chi connectivity index (χ3n) is 1.57. The van der Waals surface area contributed by atoms with E-state index in [-0.39, 0.29) is 0 Å². The van der Waals surface area contributed by atoms with Gasteiger partial charge in [-0.15, -0.1) is 0 Å². The Balaban J connectivity index is 1.82. The highest BCUT2D eigenvalue weighted by Gasteiger charge is 2.05. The highest BCUT2D eigenvalue weighted by Crippen LogP contribution is 2.07. The smallest absolute Gasteiger partial charge is 0.193 e. The van der Waals surface area contributed by atoms with E-state index in [0.29, 0.717) is 13.5 Å². The van der Waals surface area contributed by atoms with Gasteiger partial charge in [-0.2, -0.15) is 0 Å². The third kappa shape index (κ3) is 2.11. The van der Waals surface area contributed by atoms with Crippen LogP contribution in [0.25, 0.3) is 0 Å². The quantitative estimate of drug-likeness (QED) is 0.692. The first-order chi connectivity index (χ1) is 6.45. The zero-order valence-corrected chi connectivity index (χ0v) is 7.01. The van der Waals surface area contributed by atoms with Crippen molar-refractivity contribution in [3.63, 3.8) is 0 Å². The molecule has 1 radical (unpaired) electrons. The Morgan fingerprint density at radius 3 is 3.31 bits per heavy atom. The second kappa shape index (κ2) is 3.80. The minimum atomic E-state index is 0.435. The number of hydrogen-bond acceptors (Lipinski definition) is 4. The van der Waals surface area contributed by atoms with Crippen molar-refractivity contribution < 1.29 is 9.57 Å². The lowest BCUT2D eigenvalue weighted by Gasteiger charge is -2.12. The van der Waals surface area contributed by atoms with Crippen molar-refractivity contribution in [2.75, 3.05) is 13.5 Å². The van der Waals surface area contributed by atoms with Crippen LogP contribution in [0.4, 0.5) is 0 Å². The molecule has 0 N–H and O–H groups in total. The van der Waals surface area contributed by atoms with Gasteiger partial charge in [-0.25, -0.2) is 0 Å². The number of ether oxygens (including phenoxy) is 1. The van der Waals surface area contributed by atoms with Crippen molar-refractivity contribution >= 4 is 6.34 Å². The summed E-state index contributed by atoms with van der Waals surface area (Å²) in [7, 11) is 0. The van der Waals surface area contributed by atoms with Crippen molar-refractivity contribution in [3.8, 4) is 5.75 Å². The van der Waals surface area contributed by atoms with Crippen LogP contribution >= 0.6 is 0 Å². The van der Waals surface area contributed by atoms with Gasteiger partial charge in [0.2, 0.25) is 0 Å². The molecule has 0 saturated heterocycles. The van der Waals surface area contributed by atoms with Crippen LogP contribution in [0.3, 0.4) is 0 Å². The molecule has 1 aliphatic rings. The van der Waals surface area contributed by atoms with Gasteiger partial charge in [0.25, 0.3) is 0 Å². The summed E-state index contributed by atoms with van der Waals surface area (Å²) in [5.41, 5.74) is 0. The molecule has 0 bridgehead atoms. The molecule has 0 unspecified atom stereocenters. The van der Waals surface area contributed by atoms with Crippen LogP contribution in [0.5, 0.6) is 5.75 Å². The molecule has 2 rings (SSSR count). The number of nitrogens with zero attached hydrogens (tertiary/aromatic N) is 2. The molecule has 67 valence electrons. The van der Waals surface area contributed by atoms with Crippen LogP contribution in [0, 0.1) is 6.07 Å². The van der Waals surface area contributed by atoms with Gasteiger partial charge in [0.1, 0.15) is 12.1 Å². The number of rotatable bonds is 3. The number of oxime groups is 1. The highest BCUT2D eigenvalue weighted by molar-refractivity contribution is 5.54. The molecule has 0 fully saturated rings. The van der Waals surface area contributed by atoms with E-state index in [2.05, 4.69) is 11.2 Å². The largest absolute Gasteiger partial charge is 0.472 e. The van der Waals surface area contributed by atoms with Gasteiger partial charge in [-0.1, -0.05) is 23.4 Å². The first kappa shape index (κ1) is 7.91. The fourth-order valence-electron chi connectivity index (χ4n) is 0.931. The van der Waals surface area contributed by atoms with Crippen LogP contribution in [0.2, 0.25) is 0 Å². The molecule has 0 saturated carbocycles. The normalized spacial score (nSPS) is 14.3. The molecule has 13 heavy (non-hydrogen) atoms. The second-order valence-electron chi connectivity index (χ2n) is 2.57. The van der Waals surface area contributed by atoms with Gasteiger partial charge in [0.15, 0.2) is 13.5 Å². The van der Waals surface area contributed by atoms with E-state index < -0.39 is 0 Å². The molecule has 1 heterocycles. The molecule has 1 aromatic rings. The molecule has 4 nitrogen and oxygen atoms in total. The van der Waals surface area contributed by atoms with Crippen LogP contribution < -0.4 is 4.74 Å². The molecule has 0 atom stereocenters. The maximum Gasteiger partial charge on any atom is 0.193 e. The summed E-state index contributed by atoms with van der Waals surface area (Å²) in [4.78, 5) is 6.56. The number of benzene rings is 1. The number of para-hydroxylation sites is 1. The zero-order chi connectivity index (χ0) is 8.93. The van der Waals surface area contributed by atoms with Crippen molar-refractivity contribution in [3.05, 3.63) is 30.3 Å². The second-order valence-corrected chi connectivity index (χ2v) is 2.57. The molecular formula is C9H9N2O2. The minimum absolute atomic E-state index is 0.435. The summed E-state index contributed by atoms with van der Waals surface area (Å²) in [5.74, 6) is 0.725. The summed E-state index contributed by atoms with van der Waals surface area (Å²) in [5, 5.41) is 3.59. The van der Waals surface area contributed by atoms with Gasteiger partial charge in [0.05, 0.1) is 0 Å². The van der Waals surface area contributed by atoms with Crippen LogP contribution in [0.1, 0.15) is 0 Å². The maximum atomic E-state index is 5.39. The van der Waals surface area contributed by atoms with Crippen molar-refractivity contribution in [1.82, 2.24) is 4.90 Å². The lowest BCUT2D eigenvalue weighted by atomic mass is 10.3. The van der Waals surface area contributed by atoms with E-state index in [1.807, 2.05) is 24.3 Å². The Morgan fingerprint density at radius 1 is 1.62 bits per heavy atom. The van der Waals surface area contributed by atoms with E-state index in [9.17, 15) is 0 Å². The van der Waals surface area contributed by atoms with Crippen LogP contribution in [0.15, 0.2) is 29.4 Å². The molecule has 0 aliphatic carbocycles. The molecule has 1 aliphatic heterocycles. The maximum absolute atomic E-state index is 5.39. The average molecular weight is 177 g/mol. The molecule has 1 aromatic carbocycles. The topological polar surface area (TPSA) is 34.1 Å². The Kier molecular flexibility index (Phi) is 2.31. The third-order valence-corrected chi connectivity index (χ3v) is 1.57. The lowest BCUT2D eigenvalue weighted by molar-refractivity contribution is 0.0734. The Bertz CT molecular complexity index is 287. The van der Waals surface area contributed by atoms with Crippen molar-refractivity contribution in [1.29, 1.82) is 0 Å². The molecule has 0 aromatic heterocycles. The standard InChI is InChI=1S/C9H9N2O2/c1-2-4-9(5-3-1)12-7-11-6-10-13-8-11/h1-4,6H,7-8H2. The van der Waals surface area contributed by atoms with E-state index in [1.54, 1.807) is 11.2 Å². The molecule has 0 spiro atoms. The van der Waals surface area contributed by atoms with E-state index >= 15 is 0 Å². The predicted molar refractivity (Wildman–Crippen MR) is 47.1 cm³/mol. The SMILES string of the molecule is [c]1ccccc1OCN1C=NOC1. The molecular weight excluding hydrogens is 168 g/mol. The van der Waals surface area contributed by atoms with Crippen molar-refractivity contribution in [2.45, 2.75) is 0 Å². The summed E-state index contributed by atoms with van der Waals surface area (Å²) >= 11 is 0. The molecule has 0 amide bonds. The first-order valence-corrected chi connectivity index (χ1v) is 3.94. The van der Waals surface area contributed by atoms with Gasteiger partial charge in [-0.05, 0) is 6.07 Å². The van der Waals surface area contributed by atoms with Gasteiger partial charge in [-0.3, -0.25) is 4.90 Å². The minimum Gasteiger partial charge on any atom is -0.472 e. The highest BCUT2D eigenvalue weighted by atomic mass is 16.7. The van der Waals surface area contributed by atoms with Gasteiger partial charge in [0, 0.05) is 6.07 Å². The fraction of sp³-hybridized carbons (Fsp3) is 0.222. The average Bonchev–Trinajstić information content (AvgIpc) is 2.69. The van der Waals surface area contributed by atoms with E-state index in [4.69, 9.17) is 9.57 Å². The van der Waals surface area contributed by atoms with Crippen molar-refractivity contribution in [2.24, 2.45) is 5.16 Å². The summed E-state index contributed by atoms with van der Waals surface area (Å²) < 4.78 is 5.39. The summed E-state index contributed by atoms with van der Waals surface area (Å²) in [6.45, 7) is 0.886. The number of hydrogen-bond donors (Lipinski definition) is 0. The van der Waals surface area contributed by atoms with Crippen LogP contribution in [-0.2, 0) is 4.84 Å². The zero-order valence-electron chi connectivity index (χ0n) is 7.01. The monoisotopic (exact) mass is 177 g/mol. The fourth-order valence-corrected chi connectivity index (χ4v) is 0.931. The Labute approximate surface area is 76.4 Å². The molecule has 4 heteroatoms. The predicted octanol–water partition coefficient (Wildman–Crippen LogP) is 1.06. The lowest BCUT2D eigenvalue weighted by Crippen LogP contribution is -2.24. The Morgan fingerprint density at radius 2 is 2.62 bits per heavy atom. The first-order valence-electron chi connectivity index (χ1n) is 3.94.